The number of rotatable bonds is 2. The van der Waals surface area contributed by atoms with Crippen molar-refractivity contribution in [2.45, 2.75) is 37.6 Å². The molecule has 88 valence electrons. The first-order valence-corrected chi connectivity index (χ1v) is 4.45. The molecule has 0 aliphatic carbocycles. The SMILES string of the molecule is CC(=O)OC1OC(CO)C(O)C(O)C1O. The van der Waals surface area contributed by atoms with E-state index in [2.05, 4.69) is 4.74 Å². The Morgan fingerprint density at radius 1 is 1.27 bits per heavy atom. The highest BCUT2D eigenvalue weighted by Crippen LogP contribution is 2.21. The van der Waals surface area contributed by atoms with Crippen LogP contribution in [0.25, 0.3) is 0 Å². The molecule has 0 bridgehead atoms. The molecule has 5 unspecified atom stereocenters. The van der Waals surface area contributed by atoms with Gasteiger partial charge in [-0.3, -0.25) is 4.79 Å². The molecule has 1 saturated heterocycles. The van der Waals surface area contributed by atoms with Crippen molar-refractivity contribution in [3.63, 3.8) is 0 Å². The van der Waals surface area contributed by atoms with E-state index in [1.165, 1.54) is 0 Å². The average molecular weight is 222 g/mol. The minimum Gasteiger partial charge on any atom is -0.433 e. The lowest BCUT2D eigenvalue weighted by atomic mass is 9.99. The van der Waals surface area contributed by atoms with Crippen molar-refractivity contribution in [2.75, 3.05) is 6.61 Å². The molecule has 4 N–H and O–H groups in total. The van der Waals surface area contributed by atoms with Gasteiger partial charge in [0.1, 0.15) is 24.4 Å². The summed E-state index contributed by atoms with van der Waals surface area (Å²) < 4.78 is 9.45. The van der Waals surface area contributed by atoms with Crippen LogP contribution in [0.4, 0.5) is 0 Å². The van der Waals surface area contributed by atoms with E-state index < -0.39 is 43.3 Å². The zero-order valence-corrected chi connectivity index (χ0v) is 8.11. The molecule has 1 aliphatic heterocycles. The topological polar surface area (TPSA) is 116 Å². The fourth-order valence-electron chi connectivity index (χ4n) is 1.33. The number of esters is 1. The Kier molecular flexibility index (Phi) is 4.00. The molecule has 0 saturated carbocycles. The predicted octanol–water partition coefficient (Wildman–Crippen LogP) is -2.65. The van der Waals surface area contributed by atoms with Crippen LogP contribution in [0.2, 0.25) is 0 Å². The lowest BCUT2D eigenvalue weighted by Crippen LogP contribution is -2.59. The molecule has 15 heavy (non-hydrogen) atoms. The maximum absolute atomic E-state index is 10.6. The zero-order valence-electron chi connectivity index (χ0n) is 8.11. The van der Waals surface area contributed by atoms with Gasteiger partial charge in [-0.05, 0) is 0 Å². The van der Waals surface area contributed by atoms with Crippen LogP contribution in [-0.4, -0.2) is 63.7 Å². The molecular weight excluding hydrogens is 208 g/mol. The number of carbonyl (C=O) groups is 1. The molecule has 1 aliphatic rings. The molecule has 7 nitrogen and oxygen atoms in total. The molecule has 0 amide bonds. The van der Waals surface area contributed by atoms with Crippen molar-refractivity contribution in [3.8, 4) is 0 Å². The molecule has 0 aromatic rings. The van der Waals surface area contributed by atoms with E-state index in [1.807, 2.05) is 0 Å². The molecule has 1 heterocycles. The average Bonchev–Trinajstić information content (AvgIpc) is 2.18. The summed E-state index contributed by atoms with van der Waals surface area (Å²) in [5.41, 5.74) is 0. The first-order chi connectivity index (χ1) is 6.97. The van der Waals surface area contributed by atoms with Gasteiger partial charge < -0.3 is 29.9 Å². The van der Waals surface area contributed by atoms with Crippen LogP contribution in [0.5, 0.6) is 0 Å². The minimum absolute atomic E-state index is 0.553. The van der Waals surface area contributed by atoms with Gasteiger partial charge in [-0.2, -0.15) is 0 Å². The second-order valence-electron chi connectivity index (χ2n) is 3.31. The van der Waals surface area contributed by atoms with Crippen molar-refractivity contribution >= 4 is 5.97 Å². The number of hydrogen-bond acceptors (Lipinski definition) is 7. The van der Waals surface area contributed by atoms with Gasteiger partial charge in [0.25, 0.3) is 0 Å². The maximum Gasteiger partial charge on any atom is 0.305 e. The van der Waals surface area contributed by atoms with Gasteiger partial charge >= 0.3 is 5.97 Å². The highest BCUT2D eigenvalue weighted by atomic mass is 16.7. The highest BCUT2D eigenvalue weighted by molar-refractivity contribution is 5.66. The van der Waals surface area contributed by atoms with Gasteiger partial charge in [-0.15, -0.1) is 0 Å². The molecule has 0 radical (unpaired) electrons. The molecule has 1 rings (SSSR count). The van der Waals surface area contributed by atoms with Gasteiger partial charge in [0.15, 0.2) is 0 Å². The Morgan fingerprint density at radius 3 is 2.33 bits per heavy atom. The van der Waals surface area contributed by atoms with Gasteiger partial charge in [-0.25, -0.2) is 0 Å². The van der Waals surface area contributed by atoms with Crippen LogP contribution in [0.15, 0.2) is 0 Å². The Morgan fingerprint density at radius 2 is 1.87 bits per heavy atom. The molecule has 1 fully saturated rings. The van der Waals surface area contributed by atoms with Crippen LogP contribution in [0.3, 0.4) is 0 Å². The van der Waals surface area contributed by atoms with Crippen LogP contribution in [-0.2, 0) is 14.3 Å². The molecule has 0 aromatic carbocycles. The zero-order chi connectivity index (χ0) is 11.6. The van der Waals surface area contributed by atoms with Crippen molar-refractivity contribution < 1.29 is 34.7 Å². The maximum atomic E-state index is 10.6. The fourth-order valence-corrected chi connectivity index (χ4v) is 1.33. The fraction of sp³-hybridized carbons (Fsp3) is 0.875. The number of carbonyl (C=O) groups excluding carboxylic acids is 1. The summed E-state index contributed by atoms with van der Waals surface area (Å²) in [6, 6.07) is 0. The van der Waals surface area contributed by atoms with Crippen LogP contribution in [0, 0.1) is 0 Å². The summed E-state index contributed by atoms with van der Waals surface area (Å²) in [6.45, 7) is 0.560. The lowest BCUT2D eigenvalue weighted by Gasteiger charge is -2.38. The molecule has 0 aromatic heterocycles. The van der Waals surface area contributed by atoms with Crippen molar-refractivity contribution in [1.82, 2.24) is 0 Å². The van der Waals surface area contributed by atoms with Crippen LogP contribution < -0.4 is 0 Å². The Balaban J connectivity index is 2.69. The Hall–Kier alpha value is -0.730. The summed E-state index contributed by atoms with van der Waals surface area (Å²) in [7, 11) is 0. The van der Waals surface area contributed by atoms with Crippen molar-refractivity contribution in [1.29, 1.82) is 0 Å². The molecular formula is C8H14O7. The number of hydrogen-bond donors (Lipinski definition) is 4. The summed E-state index contributed by atoms with van der Waals surface area (Å²) in [5.74, 6) is -0.695. The quantitative estimate of drug-likeness (QED) is 0.377. The van der Waals surface area contributed by atoms with E-state index in [0.29, 0.717) is 0 Å². The van der Waals surface area contributed by atoms with E-state index in [-0.39, 0.29) is 0 Å². The first-order valence-electron chi connectivity index (χ1n) is 4.45. The standard InChI is InChI=1S/C8H14O7/c1-3(10)14-8-7(13)6(12)5(11)4(2-9)15-8/h4-9,11-13H,2H2,1H3. The molecule has 5 atom stereocenters. The largest absolute Gasteiger partial charge is 0.433 e. The van der Waals surface area contributed by atoms with Gasteiger partial charge in [0.05, 0.1) is 6.61 Å². The normalized spacial score (nSPS) is 41.3. The predicted molar refractivity (Wildman–Crippen MR) is 45.5 cm³/mol. The second-order valence-corrected chi connectivity index (χ2v) is 3.31. The Labute approximate surface area is 85.9 Å². The number of ether oxygens (including phenoxy) is 2. The lowest BCUT2D eigenvalue weighted by molar-refractivity contribution is -0.292. The van der Waals surface area contributed by atoms with E-state index in [9.17, 15) is 20.1 Å². The van der Waals surface area contributed by atoms with E-state index in [1.54, 1.807) is 0 Å². The summed E-state index contributed by atoms with van der Waals surface area (Å²) in [4.78, 5) is 10.6. The minimum atomic E-state index is -1.54. The van der Waals surface area contributed by atoms with Crippen molar-refractivity contribution in [2.24, 2.45) is 0 Å². The third kappa shape index (κ3) is 2.64. The van der Waals surface area contributed by atoms with Gasteiger partial charge in [0, 0.05) is 6.92 Å². The van der Waals surface area contributed by atoms with Crippen LogP contribution in [0.1, 0.15) is 6.92 Å². The second kappa shape index (κ2) is 4.86. The van der Waals surface area contributed by atoms with Gasteiger partial charge in [0.2, 0.25) is 6.29 Å². The molecule has 0 spiro atoms. The summed E-state index contributed by atoms with van der Waals surface area (Å²) in [6.07, 6.45) is -6.95. The highest BCUT2D eigenvalue weighted by Gasteiger charge is 2.44. The van der Waals surface area contributed by atoms with E-state index in [4.69, 9.17) is 9.84 Å². The van der Waals surface area contributed by atoms with E-state index >= 15 is 0 Å². The number of aliphatic hydroxyl groups excluding tert-OH is 4. The Bertz CT molecular complexity index is 229. The summed E-state index contributed by atoms with van der Waals surface area (Å²) in [5, 5.41) is 36.8. The van der Waals surface area contributed by atoms with Crippen LogP contribution >= 0.6 is 0 Å². The van der Waals surface area contributed by atoms with Gasteiger partial charge in [-0.1, -0.05) is 0 Å². The van der Waals surface area contributed by atoms with Crippen molar-refractivity contribution in [3.05, 3.63) is 0 Å². The van der Waals surface area contributed by atoms with E-state index in [0.717, 1.165) is 6.92 Å². The third-order valence-corrected chi connectivity index (χ3v) is 2.13. The smallest absolute Gasteiger partial charge is 0.305 e. The first kappa shape index (κ1) is 12.3. The monoisotopic (exact) mass is 222 g/mol. The summed E-state index contributed by atoms with van der Waals surface area (Å²) >= 11 is 0. The molecule has 7 heteroatoms. The number of aliphatic hydroxyl groups is 4. The third-order valence-electron chi connectivity index (χ3n) is 2.13.